The number of benzene rings is 3. The minimum absolute atomic E-state index is 0.0783. The second-order valence-corrected chi connectivity index (χ2v) is 7.27. The molecule has 0 saturated carbocycles. The molecule has 0 bridgehead atoms. The summed E-state index contributed by atoms with van der Waals surface area (Å²) in [5.74, 6) is -4.17. The molecule has 1 aliphatic rings. The average Bonchev–Trinajstić information content (AvgIpc) is 2.71. The summed E-state index contributed by atoms with van der Waals surface area (Å²) >= 11 is 0. The van der Waals surface area contributed by atoms with E-state index in [-0.39, 0.29) is 51.9 Å². The number of carbonyl (C=O) groups excluding carboxylic acids is 1. The van der Waals surface area contributed by atoms with Gasteiger partial charge < -0.3 is 45.2 Å². The van der Waals surface area contributed by atoms with E-state index < -0.39 is 35.4 Å². The number of fused-ring (bicyclic) bond motifs is 1. The van der Waals surface area contributed by atoms with Crippen molar-refractivity contribution in [3.05, 3.63) is 59.2 Å². The molecule has 4 rings (SSSR count). The lowest BCUT2D eigenvalue weighted by atomic mass is 9.93. The predicted octanol–water partition coefficient (Wildman–Crippen LogP) is 2.53. The quantitative estimate of drug-likeness (QED) is 0.235. The van der Waals surface area contributed by atoms with Crippen molar-refractivity contribution in [2.75, 3.05) is 0 Å². The van der Waals surface area contributed by atoms with Crippen LogP contribution >= 0.6 is 0 Å². The average molecular weight is 442 g/mol. The molecule has 3 aromatic rings. The highest BCUT2D eigenvalue weighted by molar-refractivity contribution is 5.90. The summed E-state index contributed by atoms with van der Waals surface area (Å²) in [6.07, 6.45) is -2.32. The molecule has 1 aliphatic heterocycles. The molecule has 0 spiro atoms. The number of hydrogen-bond acceptors (Lipinski definition) is 10. The standard InChI is InChI=1S/C22H18O10/c23-11-1-10(2-12(24)5-11)22(30)32-19-8-14-15(26)6-13(25)7-18(14)31-21(19)9-3-16(27)20(29)17(28)4-9/h1-7,19,21,23-29H,8H2/t19-,21+/m1/s1. The second kappa shape index (κ2) is 7.65. The van der Waals surface area contributed by atoms with Crippen molar-refractivity contribution in [1.29, 1.82) is 0 Å². The van der Waals surface area contributed by atoms with E-state index in [1.807, 2.05) is 0 Å². The molecule has 0 radical (unpaired) electrons. The maximum absolute atomic E-state index is 12.7. The van der Waals surface area contributed by atoms with Crippen LogP contribution < -0.4 is 4.74 Å². The summed E-state index contributed by atoms with van der Waals surface area (Å²) in [5.41, 5.74) is 0.212. The Balaban J connectivity index is 1.75. The molecular weight excluding hydrogens is 424 g/mol. The van der Waals surface area contributed by atoms with Crippen LogP contribution in [0.5, 0.6) is 46.0 Å². The number of rotatable bonds is 3. The van der Waals surface area contributed by atoms with Crippen molar-refractivity contribution in [3.8, 4) is 46.0 Å². The van der Waals surface area contributed by atoms with Crippen molar-refractivity contribution in [1.82, 2.24) is 0 Å². The maximum Gasteiger partial charge on any atom is 0.338 e. The summed E-state index contributed by atoms with van der Waals surface area (Å²) in [5, 5.41) is 68.7. The first-order chi connectivity index (χ1) is 15.1. The van der Waals surface area contributed by atoms with Gasteiger partial charge in [-0.3, -0.25) is 0 Å². The molecule has 0 saturated heterocycles. The second-order valence-electron chi connectivity index (χ2n) is 7.27. The summed E-state index contributed by atoms with van der Waals surface area (Å²) in [6, 6.07) is 7.75. The van der Waals surface area contributed by atoms with E-state index in [0.29, 0.717) is 0 Å². The lowest BCUT2D eigenvalue weighted by Crippen LogP contribution is -2.34. The van der Waals surface area contributed by atoms with E-state index in [1.54, 1.807) is 0 Å². The molecule has 0 amide bonds. The molecule has 0 aliphatic carbocycles. The van der Waals surface area contributed by atoms with Gasteiger partial charge in [0.2, 0.25) is 0 Å². The van der Waals surface area contributed by atoms with Gasteiger partial charge in [-0.2, -0.15) is 0 Å². The van der Waals surface area contributed by atoms with Crippen LogP contribution in [0.3, 0.4) is 0 Å². The van der Waals surface area contributed by atoms with Crippen LogP contribution in [-0.4, -0.2) is 47.8 Å². The molecule has 0 aromatic heterocycles. The molecule has 10 heteroatoms. The van der Waals surface area contributed by atoms with Gasteiger partial charge in [-0.05, 0) is 24.3 Å². The number of aromatic hydroxyl groups is 7. The third kappa shape index (κ3) is 3.81. The Kier molecular flexibility index (Phi) is 4.97. The Morgan fingerprint density at radius 1 is 0.781 bits per heavy atom. The van der Waals surface area contributed by atoms with Crippen LogP contribution in [0.1, 0.15) is 27.6 Å². The van der Waals surface area contributed by atoms with Gasteiger partial charge in [0.25, 0.3) is 0 Å². The summed E-state index contributed by atoms with van der Waals surface area (Å²) in [4.78, 5) is 12.7. The number of phenols is 7. The Morgan fingerprint density at radius 3 is 2.00 bits per heavy atom. The van der Waals surface area contributed by atoms with Gasteiger partial charge in [0, 0.05) is 35.7 Å². The van der Waals surface area contributed by atoms with E-state index in [2.05, 4.69) is 0 Å². The van der Waals surface area contributed by atoms with Crippen LogP contribution in [-0.2, 0) is 11.2 Å². The number of carbonyl (C=O) groups is 1. The molecule has 2 atom stereocenters. The summed E-state index contributed by atoms with van der Waals surface area (Å²) in [7, 11) is 0. The molecule has 166 valence electrons. The highest BCUT2D eigenvalue weighted by atomic mass is 16.6. The van der Waals surface area contributed by atoms with E-state index >= 15 is 0 Å². The van der Waals surface area contributed by atoms with Crippen molar-refractivity contribution < 1.29 is 50.0 Å². The van der Waals surface area contributed by atoms with E-state index in [4.69, 9.17) is 9.47 Å². The van der Waals surface area contributed by atoms with Crippen molar-refractivity contribution >= 4 is 5.97 Å². The SMILES string of the molecule is O=C(O[C@@H]1Cc2c(O)cc(O)cc2O[C@H]1c1cc(O)c(O)c(O)c1)c1cc(O)cc(O)c1. The van der Waals surface area contributed by atoms with Crippen LogP contribution in [0.2, 0.25) is 0 Å². The molecule has 0 fully saturated rings. The number of phenolic OH excluding ortho intramolecular Hbond substituents is 7. The predicted molar refractivity (Wildman–Crippen MR) is 107 cm³/mol. The van der Waals surface area contributed by atoms with Gasteiger partial charge in [0.1, 0.15) is 34.9 Å². The Labute approximate surface area is 180 Å². The Bertz CT molecular complexity index is 1180. The highest BCUT2D eigenvalue weighted by Gasteiger charge is 2.37. The molecule has 7 N–H and O–H groups in total. The van der Waals surface area contributed by atoms with Crippen molar-refractivity contribution in [2.45, 2.75) is 18.6 Å². The largest absolute Gasteiger partial charge is 0.508 e. The van der Waals surface area contributed by atoms with Gasteiger partial charge in [-0.1, -0.05) is 0 Å². The van der Waals surface area contributed by atoms with Crippen LogP contribution in [0.15, 0.2) is 42.5 Å². The fourth-order valence-electron chi connectivity index (χ4n) is 3.54. The Hall–Kier alpha value is -4.47. The monoisotopic (exact) mass is 442 g/mol. The van der Waals surface area contributed by atoms with Gasteiger partial charge in [-0.15, -0.1) is 0 Å². The smallest absolute Gasteiger partial charge is 0.338 e. The topological polar surface area (TPSA) is 177 Å². The minimum Gasteiger partial charge on any atom is -0.508 e. The molecule has 0 unspecified atom stereocenters. The van der Waals surface area contributed by atoms with E-state index in [1.165, 1.54) is 6.07 Å². The van der Waals surface area contributed by atoms with Crippen LogP contribution in [0.4, 0.5) is 0 Å². The van der Waals surface area contributed by atoms with Gasteiger partial charge in [0.05, 0.1) is 5.56 Å². The maximum atomic E-state index is 12.7. The zero-order valence-corrected chi connectivity index (χ0v) is 16.3. The molecule has 10 nitrogen and oxygen atoms in total. The molecule has 1 heterocycles. The first-order valence-electron chi connectivity index (χ1n) is 9.32. The first-order valence-corrected chi connectivity index (χ1v) is 9.32. The highest BCUT2D eigenvalue weighted by Crippen LogP contribution is 2.45. The molecule has 32 heavy (non-hydrogen) atoms. The number of ether oxygens (including phenoxy) is 2. The number of hydrogen-bond donors (Lipinski definition) is 7. The van der Waals surface area contributed by atoms with Crippen molar-refractivity contribution in [2.24, 2.45) is 0 Å². The number of esters is 1. The third-order valence-corrected chi connectivity index (χ3v) is 4.98. The summed E-state index contributed by atoms with van der Waals surface area (Å²) in [6.45, 7) is 0. The lowest BCUT2D eigenvalue weighted by molar-refractivity contribution is -0.0189. The van der Waals surface area contributed by atoms with Crippen molar-refractivity contribution in [3.63, 3.8) is 0 Å². The van der Waals surface area contributed by atoms with E-state index in [0.717, 1.165) is 36.4 Å². The van der Waals surface area contributed by atoms with E-state index in [9.17, 15) is 40.5 Å². The van der Waals surface area contributed by atoms with Crippen LogP contribution in [0, 0.1) is 0 Å². The first kappa shape index (κ1) is 20.8. The van der Waals surface area contributed by atoms with Gasteiger partial charge >= 0.3 is 5.97 Å². The normalized spacial score (nSPS) is 17.2. The fourth-order valence-corrected chi connectivity index (χ4v) is 3.54. The molecular formula is C22H18O10. The lowest BCUT2D eigenvalue weighted by Gasteiger charge is -2.34. The summed E-state index contributed by atoms with van der Waals surface area (Å²) < 4.78 is 11.3. The van der Waals surface area contributed by atoms with Crippen LogP contribution in [0.25, 0.3) is 0 Å². The van der Waals surface area contributed by atoms with Gasteiger partial charge in [-0.25, -0.2) is 4.79 Å². The Morgan fingerprint density at radius 2 is 1.38 bits per heavy atom. The third-order valence-electron chi connectivity index (χ3n) is 4.98. The molecule has 3 aromatic carbocycles. The zero-order valence-electron chi connectivity index (χ0n) is 16.3. The fraction of sp³-hybridized carbons (Fsp3) is 0.136. The van der Waals surface area contributed by atoms with Gasteiger partial charge in [0.15, 0.2) is 23.4 Å². The minimum atomic E-state index is -1.13. The zero-order chi connectivity index (χ0) is 23.2.